The van der Waals surface area contributed by atoms with E-state index in [-0.39, 0.29) is 11.8 Å². The van der Waals surface area contributed by atoms with Crippen LogP contribution >= 0.6 is 0 Å². The van der Waals surface area contributed by atoms with E-state index < -0.39 is 5.41 Å². The van der Waals surface area contributed by atoms with E-state index in [0.717, 1.165) is 11.1 Å². The predicted molar refractivity (Wildman–Crippen MR) is 96.9 cm³/mol. The van der Waals surface area contributed by atoms with Gasteiger partial charge < -0.3 is 4.74 Å². The SMILES string of the molecule is COc1ccc2c(c1)C(=O)N(CCc1ccc(C)cc1)C(=O)C2(C)C. The van der Waals surface area contributed by atoms with E-state index in [0.29, 0.717) is 24.3 Å². The first-order valence-electron chi connectivity index (χ1n) is 8.45. The minimum atomic E-state index is -0.733. The Balaban J connectivity index is 1.90. The molecule has 0 radical (unpaired) electrons. The lowest BCUT2D eigenvalue weighted by molar-refractivity contribution is -0.134. The molecular weight excluding hydrogens is 314 g/mol. The summed E-state index contributed by atoms with van der Waals surface area (Å²) >= 11 is 0. The summed E-state index contributed by atoms with van der Waals surface area (Å²) in [6.07, 6.45) is 0.646. The van der Waals surface area contributed by atoms with E-state index in [1.54, 1.807) is 19.2 Å². The number of hydrogen-bond acceptors (Lipinski definition) is 3. The Labute approximate surface area is 148 Å². The van der Waals surface area contributed by atoms with E-state index in [4.69, 9.17) is 4.74 Å². The van der Waals surface area contributed by atoms with Gasteiger partial charge in [-0.1, -0.05) is 35.9 Å². The number of benzene rings is 2. The zero-order chi connectivity index (χ0) is 18.2. The Morgan fingerprint density at radius 3 is 2.36 bits per heavy atom. The van der Waals surface area contributed by atoms with Gasteiger partial charge >= 0.3 is 0 Å². The molecule has 0 saturated heterocycles. The standard InChI is InChI=1S/C21H23NO3/c1-14-5-7-15(8-6-14)11-12-22-19(23)17-13-16(25-4)9-10-18(17)21(2,3)20(22)24/h5-10,13H,11-12H2,1-4H3. The van der Waals surface area contributed by atoms with Crippen LogP contribution in [0.25, 0.3) is 0 Å². The maximum Gasteiger partial charge on any atom is 0.260 e. The fourth-order valence-corrected chi connectivity index (χ4v) is 3.26. The molecule has 0 atom stereocenters. The molecule has 2 aromatic rings. The van der Waals surface area contributed by atoms with Crippen molar-refractivity contribution >= 4 is 11.8 Å². The molecule has 25 heavy (non-hydrogen) atoms. The molecule has 1 heterocycles. The van der Waals surface area contributed by atoms with Gasteiger partial charge in [0.05, 0.1) is 12.5 Å². The summed E-state index contributed by atoms with van der Waals surface area (Å²) < 4.78 is 5.24. The Morgan fingerprint density at radius 1 is 1.04 bits per heavy atom. The van der Waals surface area contributed by atoms with Gasteiger partial charge in [0.25, 0.3) is 5.91 Å². The van der Waals surface area contributed by atoms with Crippen molar-refractivity contribution in [3.8, 4) is 5.75 Å². The van der Waals surface area contributed by atoms with Crippen molar-refractivity contribution in [1.29, 1.82) is 0 Å². The van der Waals surface area contributed by atoms with Crippen molar-refractivity contribution in [3.05, 3.63) is 64.7 Å². The molecule has 0 aliphatic carbocycles. The molecule has 4 heteroatoms. The van der Waals surface area contributed by atoms with E-state index in [9.17, 15) is 9.59 Å². The smallest absolute Gasteiger partial charge is 0.260 e. The summed E-state index contributed by atoms with van der Waals surface area (Å²) in [5.41, 5.74) is 2.88. The van der Waals surface area contributed by atoms with E-state index in [2.05, 4.69) is 0 Å². The molecule has 0 spiro atoms. The first-order chi connectivity index (χ1) is 11.8. The molecule has 2 aromatic carbocycles. The molecule has 0 fully saturated rings. The lowest BCUT2D eigenvalue weighted by atomic mass is 9.77. The summed E-state index contributed by atoms with van der Waals surface area (Å²) in [5, 5.41) is 0. The van der Waals surface area contributed by atoms with Gasteiger partial charge in [0.15, 0.2) is 0 Å². The quantitative estimate of drug-likeness (QED) is 0.802. The molecule has 2 amide bonds. The molecule has 1 aliphatic heterocycles. The number of imide groups is 1. The number of carbonyl (C=O) groups is 2. The molecular formula is C21H23NO3. The minimum absolute atomic E-state index is 0.151. The van der Waals surface area contributed by atoms with Crippen molar-refractivity contribution in [2.75, 3.05) is 13.7 Å². The Bertz CT molecular complexity index is 822. The normalized spacial score (nSPS) is 15.9. The van der Waals surface area contributed by atoms with Gasteiger partial charge in [-0.15, -0.1) is 0 Å². The van der Waals surface area contributed by atoms with E-state index in [1.165, 1.54) is 10.5 Å². The van der Waals surface area contributed by atoms with Crippen LogP contribution in [-0.4, -0.2) is 30.4 Å². The highest BCUT2D eigenvalue weighted by molar-refractivity contribution is 6.13. The highest BCUT2D eigenvalue weighted by atomic mass is 16.5. The summed E-state index contributed by atoms with van der Waals surface area (Å²) in [6.45, 7) is 6.15. The Morgan fingerprint density at radius 2 is 1.72 bits per heavy atom. The average molecular weight is 337 g/mol. The van der Waals surface area contributed by atoms with Gasteiger partial charge in [0, 0.05) is 12.1 Å². The monoisotopic (exact) mass is 337 g/mol. The van der Waals surface area contributed by atoms with Crippen molar-refractivity contribution < 1.29 is 14.3 Å². The summed E-state index contributed by atoms with van der Waals surface area (Å²) in [4.78, 5) is 27.2. The van der Waals surface area contributed by atoms with Crippen LogP contribution in [0.1, 0.15) is 40.9 Å². The fraction of sp³-hybridized carbons (Fsp3) is 0.333. The summed E-state index contributed by atoms with van der Waals surface area (Å²) in [6, 6.07) is 13.5. The number of methoxy groups -OCH3 is 1. The first-order valence-corrected chi connectivity index (χ1v) is 8.45. The first kappa shape index (κ1) is 17.2. The van der Waals surface area contributed by atoms with Crippen LogP contribution in [0.3, 0.4) is 0 Å². The van der Waals surface area contributed by atoms with Crippen LogP contribution < -0.4 is 4.74 Å². The number of ether oxygens (including phenoxy) is 1. The molecule has 4 nitrogen and oxygen atoms in total. The van der Waals surface area contributed by atoms with E-state index >= 15 is 0 Å². The van der Waals surface area contributed by atoms with Crippen LogP contribution in [0.15, 0.2) is 42.5 Å². The number of rotatable bonds is 4. The largest absolute Gasteiger partial charge is 0.497 e. The second-order valence-electron chi connectivity index (χ2n) is 7.03. The zero-order valence-electron chi connectivity index (χ0n) is 15.1. The lowest BCUT2D eigenvalue weighted by Gasteiger charge is -2.37. The fourth-order valence-electron chi connectivity index (χ4n) is 3.26. The average Bonchev–Trinajstić information content (AvgIpc) is 2.61. The van der Waals surface area contributed by atoms with Gasteiger partial charge in [-0.2, -0.15) is 0 Å². The second-order valence-corrected chi connectivity index (χ2v) is 7.03. The number of carbonyl (C=O) groups excluding carboxylic acids is 2. The van der Waals surface area contributed by atoms with Crippen LogP contribution in [0.2, 0.25) is 0 Å². The third-order valence-corrected chi connectivity index (χ3v) is 4.90. The van der Waals surface area contributed by atoms with Gasteiger partial charge in [-0.25, -0.2) is 0 Å². The third-order valence-electron chi connectivity index (χ3n) is 4.90. The van der Waals surface area contributed by atoms with Gasteiger partial charge in [0.2, 0.25) is 5.91 Å². The van der Waals surface area contributed by atoms with Gasteiger partial charge in [0.1, 0.15) is 5.75 Å². The molecule has 130 valence electrons. The molecule has 0 unspecified atom stereocenters. The topological polar surface area (TPSA) is 46.6 Å². The number of amides is 2. The van der Waals surface area contributed by atoms with E-state index in [1.807, 2.05) is 51.1 Å². The van der Waals surface area contributed by atoms with Crippen molar-refractivity contribution in [2.45, 2.75) is 32.6 Å². The number of fused-ring (bicyclic) bond motifs is 1. The Kier molecular flexibility index (Phi) is 4.38. The molecule has 0 aromatic heterocycles. The number of nitrogens with zero attached hydrogens (tertiary/aromatic N) is 1. The zero-order valence-corrected chi connectivity index (χ0v) is 15.1. The van der Waals surface area contributed by atoms with Gasteiger partial charge in [-0.05, 0) is 50.5 Å². The highest BCUT2D eigenvalue weighted by Gasteiger charge is 2.44. The Hall–Kier alpha value is -2.62. The maximum absolute atomic E-state index is 12.9. The molecule has 1 aliphatic rings. The minimum Gasteiger partial charge on any atom is -0.497 e. The van der Waals surface area contributed by atoms with Crippen LogP contribution in [0, 0.1) is 6.92 Å². The number of aryl methyl sites for hydroxylation is 1. The summed E-state index contributed by atoms with van der Waals surface area (Å²) in [5.74, 6) is 0.225. The lowest BCUT2D eigenvalue weighted by Crippen LogP contribution is -2.52. The molecule has 3 rings (SSSR count). The molecule has 0 bridgehead atoms. The van der Waals surface area contributed by atoms with Crippen LogP contribution in [0.4, 0.5) is 0 Å². The number of hydrogen-bond donors (Lipinski definition) is 0. The maximum atomic E-state index is 12.9. The van der Waals surface area contributed by atoms with Crippen LogP contribution in [0.5, 0.6) is 5.75 Å². The summed E-state index contributed by atoms with van der Waals surface area (Å²) in [7, 11) is 1.57. The molecule has 0 saturated carbocycles. The van der Waals surface area contributed by atoms with Crippen molar-refractivity contribution in [2.24, 2.45) is 0 Å². The van der Waals surface area contributed by atoms with Crippen LogP contribution in [-0.2, 0) is 16.6 Å². The highest BCUT2D eigenvalue weighted by Crippen LogP contribution is 2.36. The van der Waals surface area contributed by atoms with Crippen molar-refractivity contribution in [3.63, 3.8) is 0 Å². The molecule has 0 N–H and O–H groups in total. The van der Waals surface area contributed by atoms with Crippen molar-refractivity contribution in [1.82, 2.24) is 4.90 Å². The second kappa shape index (κ2) is 6.36. The third kappa shape index (κ3) is 3.04. The van der Waals surface area contributed by atoms with Gasteiger partial charge in [-0.3, -0.25) is 14.5 Å². The predicted octanol–water partition coefficient (Wildman–Crippen LogP) is 3.51.